The summed E-state index contributed by atoms with van der Waals surface area (Å²) >= 11 is 0. The van der Waals surface area contributed by atoms with Crippen molar-refractivity contribution in [3.05, 3.63) is 35.9 Å². The molecule has 2 N–H and O–H groups in total. The average Bonchev–Trinajstić information content (AvgIpc) is 2.30. The number of hydrogen-bond donors (Lipinski definition) is 1. The summed E-state index contributed by atoms with van der Waals surface area (Å²) in [4.78, 5) is 13.9. The van der Waals surface area contributed by atoms with Gasteiger partial charge >= 0.3 is 0 Å². The van der Waals surface area contributed by atoms with Gasteiger partial charge in [-0.1, -0.05) is 30.3 Å². The SMILES string of the molecule is Cl.NC1CCCN(C(=O)Cc2ccccc2)C1. The van der Waals surface area contributed by atoms with E-state index in [0.29, 0.717) is 13.0 Å². The number of amides is 1. The van der Waals surface area contributed by atoms with Gasteiger partial charge in [-0.25, -0.2) is 0 Å². The lowest BCUT2D eigenvalue weighted by Crippen LogP contribution is -2.46. The van der Waals surface area contributed by atoms with Gasteiger partial charge in [-0.2, -0.15) is 0 Å². The largest absolute Gasteiger partial charge is 0.341 e. The highest BCUT2D eigenvalue weighted by Crippen LogP contribution is 2.10. The van der Waals surface area contributed by atoms with E-state index in [4.69, 9.17) is 5.73 Å². The van der Waals surface area contributed by atoms with Crippen molar-refractivity contribution < 1.29 is 4.79 Å². The summed E-state index contributed by atoms with van der Waals surface area (Å²) in [7, 11) is 0. The van der Waals surface area contributed by atoms with E-state index in [9.17, 15) is 4.79 Å². The summed E-state index contributed by atoms with van der Waals surface area (Å²) in [6, 6.07) is 10.0. The van der Waals surface area contributed by atoms with Gasteiger partial charge in [0.25, 0.3) is 0 Å². The van der Waals surface area contributed by atoms with E-state index in [2.05, 4.69) is 0 Å². The maximum absolute atomic E-state index is 12.0. The number of piperidine rings is 1. The quantitative estimate of drug-likeness (QED) is 0.872. The fraction of sp³-hybridized carbons (Fsp3) is 0.462. The summed E-state index contributed by atoms with van der Waals surface area (Å²) in [5.41, 5.74) is 6.94. The molecule has 17 heavy (non-hydrogen) atoms. The molecule has 0 aliphatic carbocycles. The Balaban J connectivity index is 0.00000144. The lowest BCUT2D eigenvalue weighted by Gasteiger charge is -2.30. The van der Waals surface area contributed by atoms with Crippen LogP contribution in [0.4, 0.5) is 0 Å². The Kier molecular flexibility index (Phi) is 5.45. The second-order valence-electron chi connectivity index (χ2n) is 4.40. The predicted molar refractivity (Wildman–Crippen MR) is 71.2 cm³/mol. The number of nitrogens with zero attached hydrogens (tertiary/aromatic N) is 1. The van der Waals surface area contributed by atoms with Crippen LogP contribution in [-0.2, 0) is 11.2 Å². The third-order valence-electron chi connectivity index (χ3n) is 3.01. The van der Waals surface area contributed by atoms with E-state index in [1.54, 1.807) is 0 Å². The van der Waals surface area contributed by atoms with Crippen LogP contribution < -0.4 is 5.73 Å². The monoisotopic (exact) mass is 254 g/mol. The molecule has 3 nitrogen and oxygen atoms in total. The molecule has 0 saturated carbocycles. The minimum Gasteiger partial charge on any atom is -0.341 e. The molecule has 0 bridgehead atoms. The first-order valence-electron chi connectivity index (χ1n) is 5.83. The number of benzene rings is 1. The Hall–Kier alpha value is -1.06. The zero-order valence-electron chi connectivity index (χ0n) is 9.84. The predicted octanol–water partition coefficient (Wildman–Crippen LogP) is 1.60. The summed E-state index contributed by atoms with van der Waals surface area (Å²) in [6.07, 6.45) is 2.56. The molecule has 1 atom stereocenters. The van der Waals surface area contributed by atoms with Crippen LogP contribution in [0.1, 0.15) is 18.4 Å². The molecule has 1 saturated heterocycles. The molecular formula is C13H19ClN2O. The van der Waals surface area contributed by atoms with Gasteiger partial charge in [-0.05, 0) is 18.4 Å². The molecule has 1 heterocycles. The molecule has 1 aliphatic rings. The van der Waals surface area contributed by atoms with Gasteiger partial charge in [0.2, 0.25) is 5.91 Å². The minimum absolute atomic E-state index is 0. The number of nitrogens with two attached hydrogens (primary N) is 1. The van der Waals surface area contributed by atoms with E-state index >= 15 is 0 Å². The van der Waals surface area contributed by atoms with Crippen molar-refractivity contribution in [2.75, 3.05) is 13.1 Å². The topological polar surface area (TPSA) is 46.3 Å². The van der Waals surface area contributed by atoms with E-state index < -0.39 is 0 Å². The standard InChI is InChI=1S/C13H18N2O.ClH/c14-12-7-4-8-15(10-12)13(16)9-11-5-2-1-3-6-11;/h1-3,5-6,12H,4,7-10,14H2;1H. The van der Waals surface area contributed by atoms with E-state index in [0.717, 1.165) is 24.9 Å². The molecule has 0 spiro atoms. The zero-order valence-corrected chi connectivity index (χ0v) is 10.7. The van der Waals surface area contributed by atoms with Crippen molar-refractivity contribution in [3.8, 4) is 0 Å². The van der Waals surface area contributed by atoms with Crippen LogP contribution >= 0.6 is 12.4 Å². The van der Waals surface area contributed by atoms with E-state index in [-0.39, 0.29) is 24.4 Å². The number of rotatable bonds is 2. The Morgan fingerprint density at radius 2 is 2.06 bits per heavy atom. The number of hydrogen-bond acceptors (Lipinski definition) is 2. The number of halogens is 1. The molecule has 1 aromatic carbocycles. The second-order valence-corrected chi connectivity index (χ2v) is 4.40. The first kappa shape index (κ1) is 14.0. The lowest BCUT2D eigenvalue weighted by molar-refractivity contribution is -0.131. The molecule has 1 aromatic rings. The minimum atomic E-state index is 0. The zero-order chi connectivity index (χ0) is 11.4. The molecule has 1 aliphatic heterocycles. The Morgan fingerprint density at radius 3 is 2.71 bits per heavy atom. The molecule has 1 fully saturated rings. The lowest BCUT2D eigenvalue weighted by atomic mass is 10.1. The van der Waals surface area contributed by atoms with Crippen LogP contribution in [0, 0.1) is 0 Å². The highest BCUT2D eigenvalue weighted by molar-refractivity contribution is 5.85. The van der Waals surface area contributed by atoms with E-state index in [1.165, 1.54) is 0 Å². The molecule has 0 aromatic heterocycles. The van der Waals surface area contributed by atoms with Gasteiger partial charge in [-0.15, -0.1) is 12.4 Å². The average molecular weight is 255 g/mol. The number of likely N-dealkylation sites (tertiary alicyclic amines) is 1. The fourth-order valence-corrected chi connectivity index (χ4v) is 2.12. The molecule has 2 rings (SSSR count). The first-order valence-corrected chi connectivity index (χ1v) is 5.83. The molecule has 1 unspecified atom stereocenters. The van der Waals surface area contributed by atoms with Crippen LogP contribution in [0.3, 0.4) is 0 Å². The van der Waals surface area contributed by atoms with Crippen LogP contribution in [0.5, 0.6) is 0 Å². The number of carbonyl (C=O) groups is 1. The van der Waals surface area contributed by atoms with Crippen LogP contribution in [0.15, 0.2) is 30.3 Å². The molecule has 0 radical (unpaired) electrons. The third kappa shape index (κ3) is 4.02. The Morgan fingerprint density at radius 1 is 1.35 bits per heavy atom. The van der Waals surface area contributed by atoms with Crippen LogP contribution in [0.25, 0.3) is 0 Å². The molecule has 94 valence electrons. The summed E-state index contributed by atoms with van der Waals surface area (Å²) in [6.45, 7) is 1.57. The summed E-state index contributed by atoms with van der Waals surface area (Å²) in [5.74, 6) is 0.196. The van der Waals surface area contributed by atoms with Gasteiger partial charge in [-0.3, -0.25) is 4.79 Å². The Labute approximate surface area is 108 Å². The van der Waals surface area contributed by atoms with Crippen molar-refractivity contribution in [2.24, 2.45) is 5.73 Å². The van der Waals surface area contributed by atoms with Crippen molar-refractivity contribution >= 4 is 18.3 Å². The van der Waals surface area contributed by atoms with Crippen LogP contribution in [-0.4, -0.2) is 29.9 Å². The number of carbonyl (C=O) groups excluding carboxylic acids is 1. The van der Waals surface area contributed by atoms with Crippen molar-refractivity contribution in [1.29, 1.82) is 0 Å². The van der Waals surface area contributed by atoms with Gasteiger partial charge in [0.05, 0.1) is 6.42 Å². The van der Waals surface area contributed by atoms with Crippen LogP contribution in [0.2, 0.25) is 0 Å². The maximum atomic E-state index is 12.0. The molecule has 1 amide bonds. The third-order valence-corrected chi connectivity index (χ3v) is 3.01. The molecule has 4 heteroatoms. The highest BCUT2D eigenvalue weighted by Gasteiger charge is 2.20. The van der Waals surface area contributed by atoms with Gasteiger partial charge in [0, 0.05) is 19.1 Å². The normalized spacial score (nSPS) is 19.6. The smallest absolute Gasteiger partial charge is 0.227 e. The first-order chi connectivity index (χ1) is 7.75. The summed E-state index contributed by atoms with van der Waals surface area (Å²) < 4.78 is 0. The molecular weight excluding hydrogens is 236 g/mol. The van der Waals surface area contributed by atoms with Gasteiger partial charge < -0.3 is 10.6 Å². The van der Waals surface area contributed by atoms with Gasteiger partial charge in [0.1, 0.15) is 0 Å². The highest BCUT2D eigenvalue weighted by atomic mass is 35.5. The Bertz CT molecular complexity index is 356. The van der Waals surface area contributed by atoms with Gasteiger partial charge in [0.15, 0.2) is 0 Å². The second kappa shape index (κ2) is 6.62. The summed E-state index contributed by atoms with van der Waals surface area (Å²) in [5, 5.41) is 0. The fourth-order valence-electron chi connectivity index (χ4n) is 2.12. The van der Waals surface area contributed by atoms with E-state index in [1.807, 2.05) is 35.2 Å². The van der Waals surface area contributed by atoms with Crippen molar-refractivity contribution in [3.63, 3.8) is 0 Å². The van der Waals surface area contributed by atoms with Crippen molar-refractivity contribution in [2.45, 2.75) is 25.3 Å². The maximum Gasteiger partial charge on any atom is 0.227 e. The van der Waals surface area contributed by atoms with Crippen molar-refractivity contribution in [1.82, 2.24) is 4.90 Å².